The van der Waals surface area contributed by atoms with Gasteiger partial charge in [0.2, 0.25) is 5.56 Å². The van der Waals surface area contributed by atoms with Crippen LogP contribution in [0, 0.1) is 5.92 Å². The lowest BCUT2D eigenvalue weighted by atomic mass is 9.83. The fraction of sp³-hybridized carbons (Fsp3) is 0.538. The highest BCUT2D eigenvalue weighted by Gasteiger charge is 2.36. The highest BCUT2D eigenvalue weighted by Crippen LogP contribution is 2.31. The molecule has 1 aromatic carbocycles. The van der Waals surface area contributed by atoms with Gasteiger partial charge in [-0.05, 0) is 56.2 Å². The highest BCUT2D eigenvalue weighted by atomic mass is 127. The van der Waals surface area contributed by atoms with Crippen molar-refractivity contribution in [3.63, 3.8) is 0 Å². The van der Waals surface area contributed by atoms with E-state index in [0.29, 0.717) is 12.0 Å². The summed E-state index contributed by atoms with van der Waals surface area (Å²) < 4.78 is 1.78. The Labute approximate surface area is 215 Å². The first-order valence-electron chi connectivity index (χ1n) is 12.1. The zero-order valence-electron chi connectivity index (χ0n) is 19.7. The second-order valence-corrected chi connectivity index (χ2v) is 9.07. The molecule has 0 saturated carbocycles. The quantitative estimate of drug-likeness (QED) is 0.241. The Balaban J connectivity index is 0.00000306. The summed E-state index contributed by atoms with van der Waals surface area (Å²) in [6.45, 7) is 6.09. The Hall–Kier alpha value is -1.87. The van der Waals surface area contributed by atoms with Crippen molar-refractivity contribution in [3.05, 3.63) is 70.6 Å². The number of piperidine rings is 2. The minimum absolute atomic E-state index is 0. The first-order valence-corrected chi connectivity index (χ1v) is 12.1. The van der Waals surface area contributed by atoms with Crippen molar-refractivity contribution in [2.45, 2.75) is 51.2 Å². The minimum Gasteiger partial charge on any atom is -0.356 e. The monoisotopic (exact) mass is 563 g/mol. The molecule has 1 N–H and O–H groups in total. The number of unbranched alkanes of at least 4 members (excludes halogenated alkanes) is 1. The van der Waals surface area contributed by atoms with E-state index in [2.05, 4.69) is 50.4 Å². The lowest BCUT2D eigenvalue weighted by molar-refractivity contribution is 0.0372. The number of likely N-dealkylation sites (tertiary alicyclic amines) is 2. The molecular formula is C26H38IN5O. The molecule has 2 fully saturated rings. The van der Waals surface area contributed by atoms with Crippen LogP contribution in [0.5, 0.6) is 0 Å². The Morgan fingerprint density at radius 3 is 2.67 bits per heavy atom. The zero-order chi connectivity index (χ0) is 22.2. The van der Waals surface area contributed by atoms with Crippen molar-refractivity contribution in [3.8, 4) is 0 Å². The van der Waals surface area contributed by atoms with Crippen LogP contribution in [0.1, 0.15) is 37.7 Å². The Morgan fingerprint density at radius 1 is 1.06 bits per heavy atom. The number of nitrogens with one attached hydrogen (secondary N) is 1. The van der Waals surface area contributed by atoms with Crippen molar-refractivity contribution in [1.82, 2.24) is 19.7 Å². The van der Waals surface area contributed by atoms with Crippen molar-refractivity contribution >= 4 is 29.9 Å². The maximum atomic E-state index is 11.8. The molecule has 33 heavy (non-hydrogen) atoms. The summed E-state index contributed by atoms with van der Waals surface area (Å²) >= 11 is 0. The van der Waals surface area contributed by atoms with Crippen LogP contribution in [0.2, 0.25) is 0 Å². The fourth-order valence-corrected chi connectivity index (χ4v) is 5.30. The van der Waals surface area contributed by atoms with Gasteiger partial charge in [-0.2, -0.15) is 0 Å². The van der Waals surface area contributed by atoms with Crippen LogP contribution in [0.3, 0.4) is 0 Å². The van der Waals surface area contributed by atoms with E-state index >= 15 is 0 Å². The minimum atomic E-state index is 0. The Kier molecular flexibility index (Phi) is 10.2. The SMILES string of the molecule is CN=C(NCCCCn1ccccc1=O)N1CCC2C(CCCN2Cc2ccccc2)C1.I. The molecule has 2 saturated heterocycles. The van der Waals surface area contributed by atoms with E-state index in [1.807, 2.05) is 19.3 Å². The van der Waals surface area contributed by atoms with E-state index < -0.39 is 0 Å². The van der Waals surface area contributed by atoms with Crippen molar-refractivity contribution < 1.29 is 0 Å². The van der Waals surface area contributed by atoms with E-state index in [1.165, 1.54) is 31.4 Å². The van der Waals surface area contributed by atoms with Gasteiger partial charge in [0, 0.05) is 58.1 Å². The molecule has 0 aliphatic carbocycles. The van der Waals surface area contributed by atoms with Gasteiger partial charge in [0.1, 0.15) is 0 Å². The predicted molar refractivity (Wildman–Crippen MR) is 146 cm³/mol. The Bertz CT molecular complexity index is 932. The third-order valence-electron chi connectivity index (χ3n) is 6.93. The van der Waals surface area contributed by atoms with Crippen LogP contribution in [-0.4, -0.2) is 59.6 Å². The van der Waals surface area contributed by atoms with Gasteiger partial charge in [-0.3, -0.25) is 14.7 Å². The maximum absolute atomic E-state index is 11.8. The maximum Gasteiger partial charge on any atom is 0.250 e. The average Bonchev–Trinajstić information content (AvgIpc) is 2.83. The number of fused-ring (bicyclic) bond motifs is 1. The summed E-state index contributed by atoms with van der Waals surface area (Å²) in [5.41, 5.74) is 1.50. The van der Waals surface area contributed by atoms with Gasteiger partial charge in [0.25, 0.3) is 0 Å². The number of halogens is 1. The molecule has 2 aliphatic rings. The molecule has 1 aromatic heterocycles. The number of guanidine groups is 1. The molecule has 2 atom stereocenters. The predicted octanol–water partition coefficient (Wildman–Crippen LogP) is 3.81. The number of aliphatic imine (C=N–C) groups is 1. The van der Waals surface area contributed by atoms with E-state index in [4.69, 9.17) is 0 Å². The molecule has 0 spiro atoms. The first-order chi connectivity index (χ1) is 15.7. The van der Waals surface area contributed by atoms with Crippen LogP contribution in [0.15, 0.2) is 64.5 Å². The summed E-state index contributed by atoms with van der Waals surface area (Å²) in [4.78, 5) is 21.5. The van der Waals surface area contributed by atoms with E-state index in [1.54, 1.807) is 16.7 Å². The van der Waals surface area contributed by atoms with Gasteiger partial charge in [-0.25, -0.2) is 0 Å². The standard InChI is InChI=1S/C26H37N5O.HI/c1-27-26(28-15-6-8-17-29-16-7-5-13-25(29)32)31-19-14-24-23(21-31)12-9-18-30(24)20-22-10-3-2-4-11-22;/h2-5,7,10-11,13,16,23-24H,6,8-9,12,14-15,17-21H2,1H3,(H,27,28);1H. The molecule has 2 unspecified atom stereocenters. The smallest absolute Gasteiger partial charge is 0.250 e. The number of pyridine rings is 1. The molecule has 2 aromatic rings. The van der Waals surface area contributed by atoms with Gasteiger partial charge in [0.05, 0.1) is 0 Å². The number of hydrogen-bond acceptors (Lipinski definition) is 3. The largest absolute Gasteiger partial charge is 0.356 e. The van der Waals surface area contributed by atoms with Crippen molar-refractivity contribution in [2.24, 2.45) is 10.9 Å². The van der Waals surface area contributed by atoms with E-state index in [-0.39, 0.29) is 29.5 Å². The van der Waals surface area contributed by atoms with Gasteiger partial charge in [-0.1, -0.05) is 36.4 Å². The lowest BCUT2D eigenvalue weighted by Crippen LogP contribution is -2.56. The molecule has 0 radical (unpaired) electrons. The van der Waals surface area contributed by atoms with Crippen molar-refractivity contribution in [1.29, 1.82) is 0 Å². The van der Waals surface area contributed by atoms with Gasteiger partial charge in [0.15, 0.2) is 5.96 Å². The summed E-state index contributed by atoms with van der Waals surface area (Å²) in [7, 11) is 1.89. The molecule has 6 nitrogen and oxygen atoms in total. The number of aryl methyl sites for hydroxylation is 1. The molecule has 2 aliphatic heterocycles. The van der Waals surface area contributed by atoms with Crippen LogP contribution < -0.4 is 10.9 Å². The zero-order valence-corrected chi connectivity index (χ0v) is 22.1. The van der Waals surface area contributed by atoms with Gasteiger partial charge in [-0.15, -0.1) is 24.0 Å². The number of hydrogen-bond donors (Lipinski definition) is 1. The molecule has 3 heterocycles. The fourth-order valence-electron chi connectivity index (χ4n) is 5.30. The van der Waals surface area contributed by atoms with Crippen LogP contribution >= 0.6 is 24.0 Å². The third-order valence-corrected chi connectivity index (χ3v) is 6.93. The molecule has 0 amide bonds. The summed E-state index contributed by atoms with van der Waals surface area (Å²) in [6.07, 6.45) is 7.67. The number of benzene rings is 1. The van der Waals surface area contributed by atoms with Crippen LogP contribution in [0.4, 0.5) is 0 Å². The van der Waals surface area contributed by atoms with E-state index in [9.17, 15) is 4.79 Å². The lowest BCUT2D eigenvalue weighted by Gasteiger charge is -2.48. The number of nitrogens with zero attached hydrogens (tertiary/aromatic N) is 4. The van der Waals surface area contributed by atoms with Gasteiger partial charge < -0.3 is 14.8 Å². The number of rotatable bonds is 7. The molecule has 0 bridgehead atoms. The topological polar surface area (TPSA) is 52.9 Å². The molecule has 180 valence electrons. The molecule has 7 heteroatoms. The third kappa shape index (κ3) is 7.06. The Morgan fingerprint density at radius 2 is 1.88 bits per heavy atom. The molecular weight excluding hydrogens is 525 g/mol. The van der Waals surface area contributed by atoms with Crippen LogP contribution in [0.25, 0.3) is 0 Å². The first kappa shape index (κ1) is 25.7. The second-order valence-electron chi connectivity index (χ2n) is 9.07. The average molecular weight is 564 g/mol. The summed E-state index contributed by atoms with van der Waals surface area (Å²) in [5, 5.41) is 3.56. The second kappa shape index (κ2) is 13.1. The van der Waals surface area contributed by atoms with Gasteiger partial charge >= 0.3 is 0 Å². The van der Waals surface area contributed by atoms with Crippen LogP contribution in [-0.2, 0) is 13.1 Å². The molecule has 4 rings (SSSR count). The summed E-state index contributed by atoms with van der Waals surface area (Å²) in [5.74, 6) is 1.74. The highest BCUT2D eigenvalue weighted by molar-refractivity contribution is 14.0. The van der Waals surface area contributed by atoms with Crippen molar-refractivity contribution in [2.75, 3.05) is 33.2 Å². The van der Waals surface area contributed by atoms with E-state index in [0.717, 1.165) is 51.5 Å². The number of aromatic nitrogens is 1. The normalized spacial score (nSPS) is 21.2. The summed E-state index contributed by atoms with van der Waals surface area (Å²) in [6, 6.07) is 16.9.